The number of methoxy groups -OCH3 is 1. The van der Waals surface area contributed by atoms with Gasteiger partial charge in [0.2, 0.25) is 0 Å². The average Bonchev–Trinajstić information content (AvgIpc) is 2.46. The third kappa shape index (κ3) is 2.50. The fraction of sp³-hybridized carbons (Fsp3) is 0.357. The van der Waals surface area contributed by atoms with Crippen molar-refractivity contribution in [3.8, 4) is 11.7 Å². The minimum atomic E-state index is -0.373. The number of rotatable bonds is 4. The van der Waals surface area contributed by atoms with Crippen LogP contribution in [-0.2, 0) is 12.8 Å². The van der Waals surface area contributed by atoms with E-state index in [1.807, 2.05) is 18.2 Å². The summed E-state index contributed by atoms with van der Waals surface area (Å²) in [4.78, 5) is 19.9. The van der Waals surface area contributed by atoms with E-state index in [9.17, 15) is 4.79 Å². The Bertz CT molecular complexity index is 613. The molecule has 1 aromatic carbocycles. The second-order valence-electron chi connectivity index (χ2n) is 4.13. The largest absolute Gasteiger partial charge is 0.467 e. The highest BCUT2D eigenvalue weighted by Crippen LogP contribution is 2.19. The maximum absolute atomic E-state index is 12.1. The molecule has 0 aliphatic heterocycles. The van der Waals surface area contributed by atoms with Crippen LogP contribution < -0.4 is 10.4 Å². The summed E-state index contributed by atoms with van der Waals surface area (Å²) in [6, 6.07) is 6.14. The SMILES string of the molecule is CCc1cccc(CC)c1-n1cnc(OC)nc1=O. The van der Waals surface area contributed by atoms with Crippen LogP contribution in [0, 0.1) is 0 Å². The van der Waals surface area contributed by atoms with E-state index in [0.717, 1.165) is 29.7 Å². The molecular formula is C14H17N3O2. The van der Waals surface area contributed by atoms with Crippen molar-refractivity contribution >= 4 is 0 Å². The van der Waals surface area contributed by atoms with Gasteiger partial charge in [-0.3, -0.25) is 4.57 Å². The molecular weight excluding hydrogens is 242 g/mol. The van der Waals surface area contributed by atoms with Gasteiger partial charge < -0.3 is 4.74 Å². The Labute approximate surface area is 111 Å². The first-order valence-electron chi connectivity index (χ1n) is 6.32. The minimum Gasteiger partial charge on any atom is -0.467 e. The van der Waals surface area contributed by atoms with Crippen LogP contribution in [0.1, 0.15) is 25.0 Å². The molecule has 2 rings (SSSR count). The van der Waals surface area contributed by atoms with E-state index in [2.05, 4.69) is 23.8 Å². The normalized spacial score (nSPS) is 10.5. The van der Waals surface area contributed by atoms with E-state index >= 15 is 0 Å². The molecule has 0 saturated heterocycles. The van der Waals surface area contributed by atoms with Crippen molar-refractivity contribution in [3.63, 3.8) is 0 Å². The van der Waals surface area contributed by atoms with Gasteiger partial charge in [-0.05, 0) is 24.0 Å². The zero-order valence-electron chi connectivity index (χ0n) is 11.4. The predicted octanol–water partition coefficient (Wildman–Crippen LogP) is 1.76. The van der Waals surface area contributed by atoms with Gasteiger partial charge in [-0.1, -0.05) is 32.0 Å². The van der Waals surface area contributed by atoms with Crippen molar-refractivity contribution in [1.29, 1.82) is 0 Å². The average molecular weight is 259 g/mol. The van der Waals surface area contributed by atoms with E-state index < -0.39 is 0 Å². The molecule has 1 heterocycles. The molecule has 0 N–H and O–H groups in total. The molecule has 0 spiro atoms. The van der Waals surface area contributed by atoms with Crippen molar-refractivity contribution < 1.29 is 4.74 Å². The number of hydrogen-bond donors (Lipinski definition) is 0. The fourth-order valence-corrected chi connectivity index (χ4v) is 2.10. The molecule has 0 saturated carbocycles. The van der Waals surface area contributed by atoms with Crippen LogP contribution in [0.2, 0.25) is 0 Å². The summed E-state index contributed by atoms with van der Waals surface area (Å²) in [6.07, 6.45) is 3.17. The predicted molar refractivity (Wildman–Crippen MR) is 72.9 cm³/mol. The molecule has 5 heteroatoms. The lowest BCUT2D eigenvalue weighted by Gasteiger charge is -2.14. The number of benzene rings is 1. The lowest BCUT2D eigenvalue weighted by atomic mass is 10.0. The van der Waals surface area contributed by atoms with Crippen LogP contribution in [0.5, 0.6) is 6.01 Å². The summed E-state index contributed by atoms with van der Waals surface area (Å²) >= 11 is 0. The molecule has 0 aliphatic rings. The first-order valence-corrected chi connectivity index (χ1v) is 6.32. The van der Waals surface area contributed by atoms with Crippen molar-refractivity contribution in [2.24, 2.45) is 0 Å². The quantitative estimate of drug-likeness (QED) is 0.839. The van der Waals surface area contributed by atoms with Gasteiger partial charge in [0.1, 0.15) is 6.33 Å². The summed E-state index contributed by atoms with van der Waals surface area (Å²) in [5, 5.41) is 0. The van der Waals surface area contributed by atoms with Gasteiger partial charge in [0.25, 0.3) is 0 Å². The van der Waals surface area contributed by atoms with E-state index in [4.69, 9.17) is 4.74 Å². The van der Waals surface area contributed by atoms with Gasteiger partial charge in [0.05, 0.1) is 12.8 Å². The standard InChI is InChI=1S/C14H17N3O2/c1-4-10-7-6-8-11(5-2)12(10)17-9-15-13(19-3)16-14(17)18/h6-9H,4-5H2,1-3H3. The Morgan fingerprint density at radius 2 is 1.84 bits per heavy atom. The van der Waals surface area contributed by atoms with Gasteiger partial charge in [-0.25, -0.2) is 4.79 Å². The summed E-state index contributed by atoms with van der Waals surface area (Å²) in [5.74, 6) is 0. The highest BCUT2D eigenvalue weighted by Gasteiger charge is 2.11. The molecule has 0 radical (unpaired) electrons. The molecule has 2 aromatic rings. The van der Waals surface area contributed by atoms with Crippen LogP contribution in [-0.4, -0.2) is 21.6 Å². The molecule has 0 atom stereocenters. The van der Waals surface area contributed by atoms with Crippen molar-refractivity contribution in [2.75, 3.05) is 7.11 Å². The van der Waals surface area contributed by atoms with Gasteiger partial charge in [-0.15, -0.1) is 4.98 Å². The zero-order valence-corrected chi connectivity index (χ0v) is 11.4. The van der Waals surface area contributed by atoms with Gasteiger partial charge in [0.15, 0.2) is 0 Å². The van der Waals surface area contributed by atoms with E-state index in [0.29, 0.717) is 0 Å². The highest BCUT2D eigenvalue weighted by molar-refractivity contribution is 5.48. The molecule has 1 aromatic heterocycles. The van der Waals surface area contributed by atoms with Crippen molar-refractivity contribution in [2.45, 2.75) is 26.7 Å². The van der Waals surface area contributed by atoms with Crippen LogP contribution >= 0.6 is 0 Å². The number of hydrogen-bond acceptors (Lipinski definition) is 4. The molecule has 19 heavy (non-hydrogen) atoms. The lowest BCUT2D eigenvalue weighted by Crippen LogP contribution is -2.24. The second-order valence-corrected chi connectivity index (χ2v) is 4.13. The third-order valence-corrected chi connectivity index (χ3v) is 3.07. The van der Waals surface area contributed by atoms with Crippen LogP contribution in [0.3, 0.4) is 0 Å². The molecule has 0 amide bonds. The van der Waals surface area contributed by atoms with E-state index in [1.165, 1.54) is 18.0 Å². The smallest absolute Gasteiger partial charge is 0.358 e. The number of para-hydroxylation sites is 1. The van der Waals surface area contributed by atoms with Gasteiger partial charge in [0, 0.05) is 0 Å². The van der Waals surface area contributed by atoms with Crippen LogP contribution in [0.15, 0.2) is 29.3 Å². The molecule has 0 aliphatic carbocycles. The Morgan fingerprint density at radius 3 is 2.32 bits per heavy atom. The molecule has 100 valence electrons. The second kappa shape index (κ2) is 5.65. The molecule has 0 unspecified atom stereocenters. The summed E-state index contributed by atoms with van der Waals surface area (Å²) in [5.41, 5.74) is 2.73. The summed E-state index contributed by atoms with van der Waals surface area (Å²) in [7, 11) is 1.44. The van der Waals surface area contributed by atoms with Crippen molar-refractivity contribution in [3.05, 3.63) is 46.1 Å². The van der Waals surface area contributed by atoms with Gasteiger partial charge in [-0.2, -0.15) is 4.98 Å². The first kappa shape index (κ1) is 13.3. The topological polar surface area (TPSA) is 57.0 Å². The minimum absolute atomic E-state index is 0.0910. The fourth-order valence-electron chi connectivity index (χ4n) is 2.10. The first-order chi connectivity index (χ1) is 9.21. The van der Waals surface area contributed by atoms with E-state index in [1.54, 1.807) is 0 Å². The monoisotopic (exact) mass is 259 g/mol. The Balaban J connectivity index is 2.67. The molecule has 5 nitrogen and oxygen atoms in total. The van der Waals surface area contributed by atoms with Crippen molar-refractivity contribution in [1.82, 2.24) is 14.5 Å². The summed E-state index contributed by atoms with van der Waals surface area (Å²) < 4.78 is 6.35. The molecule has 0 bridgehead atoms. The van der Waals surface area contributed by atoms with Crippen LogP contribution in [0.25, 0.3) is 5.69 Å². The van der Waals surface area contributed by atoms with E-state index in [-0.39, 0.29) is 11.7 Å². The number of aryl methyl sites for hydroxylation is 2. The maximum atomic E-state index is 12.1. The van der Waals surface area contributed by atoms with Crippen LogP contribution in [0.4, 0.5) is 0 Å². The summed E-state index contributed by atoms with van der Waals surface area (Å²) in [6.45, 7) is 4.13. The zero-order chi connectivity index (χ0) is 13.8. The Kier molecular flexibility index (Phi) is 3.94. The van der Waals surface area contributed by atoms with Gasteiger partial charge >= 0.3 is 11.7 Å². The molecule has 0 fully saturated rings. The third-order valence-electron chi connectivity index (χ3n) is 3.07. The highest BCUT2D eigenvalue weighted by atomic mass is 16.5. The Hall–Kier alpha value is -2.17. The Morgan fingerprint density at radius 1 is 1.21 bits per heavy atom. The lowest BCUT2D eigenvalue weighted by molar-refractivity contribution is 0.374. The number of nitrogens with zero attached hydrogens (tertiary/aromatic N) is 3. The number of ether oxygens (including phenoxy) is 1. The number of aromatic nitrogens is 3. The maximum Gasteiger partial charge on any atom is 0.358 e.